The number of benzene rings is 2. The molecule has 2 aromatic carbocycles. The number of aliphatic hydroxyl groups excluding tert-OH is 1. The van der Waals surface area contributed by atoms with Crippen LogP contribution >= 0.6 is 0 Å². The maximum atomic E-state index is 12.2. The first-order valence-corrected chi connectivity index (χ1v) is 10.8. The van der Waals surface area contributed by atoms with E-state index < -0.39 is 0 Å². The summed E-state index contributed by atoms with van der Waals surface area (Å²) in [6.07, 6.45) is 1.57. The Bertz CT molecular complexity index is 819. The van der Waals surface area contributed by atoms with Crippen molar-refractivity contribution in [2.24, 2.45) is 0 Å². The molecule has 0 unspecified atom stereocenters. The molecule has 2 aromatic rings. The molecule has 1 amide bonds. The number of hydrogen-bond acceptors (Lipinski definition) is 4. The summed E-state index contributed by atoms with van der Waals surface area (Å²) in [6.45, 7) is 9.68. The lowest BCUT2D eigenvalue weighted by Crippen LogP contribution is -2.35. The van der Waals surface area contributed by atoms with Crippen LogP contribution in [0.5, 0.6) is 5.75 Å². The molecule has 1 heterocycles. The number of carbonyl (C=O) groups excluding carboxylic acids is 1. The molecule has 0 saturated carbocycles. The fraction of sp³-hybridized carbons (Fsp3) is 0.480. The van der Waals surface area contributed by atoms with Gasteiger partial charge in [-0.1, -0.05) is 63.2 Å². The highest BCUT2D eigenvalue weighted by Crippen LogP contribution is 2.30. The zero-order chi connectivity index (χ0) is 21.6. The van der Waals surface area contributed by atoms with E-state index in [4.69, 9.17) is 4.74 Å². The van der Waals surface area contributed by atoms with E-state index >= 15 is 0 Å². The highest BCUT2D eigenvalue weighted by atomic mass is 16.5. The van der Waals surface area contributed by atoms with E-state index in [0.29, 0.717) is 6.54 Å². The second kappa shape index (κ2) is 10.1. The summed E-state index contributed by atoms with van der Waals surface area (Å²) in [5.41, 5.74) is 3.37. The number of nitrogens with one attached hydrogen (secondary N) is 1. The molecule has 1 fully saturated rings. The lowest BCUT2D eigenvalue weighted by Gasteiger charge is -2.29. The van der Waals surface area contributed by atoms with Gasteiger partial charge in [0, 0.05) is 26.2 Å². The van der Waals surface area contributed by atoms with Crippen LogP contribution < -0.4 is 10.1 Å². The first kappa shape index (κ1) is 22.3. The van der Waals surface area contributed by atoms with Gasteiger partial charge in [-0.15, -0.1) is 0 Å². The minimum Gasteiger partial charge on any atom is -0.483 e. The zero-order valence-electron chi connectivity index (χ0n) is 18.4. The molecule has 0 aliphatic carbocycles. The van der Waals surface area contributed by atoms with Crippen molar-refractivity contribution in [3.05, 3.63) is 65.2 Å². The van der Waals surface area contributed by atoms with Crippen molar-refractivity contribution in [3.8, 4) is 5.75 Å². The average Bonchev–Trinajstić information content (AvgIpc) is 2.73. The Morgan fingerprint density at radius 2 is 1.70 bits per heavy atom. The number of amides is 1. The Hall–Kier alpha value is -2.37. The number of hydrogen-bond donors (Lipinski definition) is 2. The SMILES string of the molecule is CC(C)(C)c1ccccc1OCC(=O)NCc1ccc(CN2CCC(O)CC2)cc1. The van der Waals surface area contributed by atoms with Gasteiger partial charge in [0.2, 0.25) is 0 Å². The first-order valence-electron chi connectivity index (χ1n) is 10.8. The Morgan fingerprint density at radius 1 is 1.07 bits per heavy atom. The van der Waals surface area contributed by atoms with Gasteiger partial charge in [-0.3, -0.25) is 9.69 Å². The van der Waals surface area contributed by atoms with Crippen molar-refractivity contribution in [1.29, 1.82) is 0 Å². The number of aliphatic hydroxyl groups is 1. The fourth-order valence-corrected chi connectivity index (χ4v) is 3.71. The molecular weight excluding hydrogens is 376 g/mol. The number of ether oxygens (including phenoxy) is 1. The molecule has 1 aliphatic rings. The number of piperidine rings is 1. The summed E-state index contributed by atoms with van der Waals surface area (Å²) < 4.78 is 5.79. The maximum Gasteiger partial charge on any atom is 0.258 e. The second-order valence-electron chi connectivity index (χ2n) is 9.14. The lowest BCUT2D eigenvalue weighted by molar-refractivity contribution is -0.123. The Kier molecular flexibility index (Phi) is 7.51. The molecule has 162 valence electrons. The van der Waals surface area contributed by atoms with Gasteiger partial charge in [0.25, 0.3) is 5.91 Å². The fourth-order valence-electron chi connectivity index (χ4n) is 3.71. The van der Waals surface area contributed by atoms with Crippen molar-refractivity contribution in [1.82, 2.24) is 10.2 Å². The number of para-hydroxylation sites is 1. The van der Waals surface area contributed by atoms with Gasteiger partial charge in [0.1, 0.15) is 5.75 Å². The third-order valence-electron chi connectivity index (χ3n) is 5.53. The van der Waals surface area contributed by atoms with Crippen molar-refractivity contribution in [2.45, 2.75) is 58.2 Å². The van der Waals surface area contributed by atoms with Crippen LogP contribution in [0.25, 0.3) is 0 Å². The van der Waals surface area contributed by atoms with Crippen molar-refractivity contribution in [3.63, 3.8) is 0 Å². The highest BCUT2D eigenvalue weighted by molar-refractivity contribution is 5.77. The Labute approximate surface area is 180 Å². The van der Waals surface area contributed by atoms with E-state index in [0.717, 1.165) is 49.4 Å². The van der Waals surface area contributed by atoms with Gasteiger partial charge in [-0.2, -0.15) is 0 Å². The van der Waals surface area contributed by atoms with Crippen molar-refractivity contribution < 1.29 is 14.6 Å². The molecule has 3 rings (SSSR count). The van der Waals surface area contributed by atoms with E-state index in [-0.39, 0.29) is 24.0 Å². The average molecular weight is 411 g/mol. The highest BCUT2D eigenvalue weighted by Gasteiger charge is 2.19. The largest absolute Gasteiger partial charge is 0.483 e. The smallest absolute Gasteiger partial charge is 0.258 e. The minimum absolute atomic E-state index is 0.00594. The van der Waals surface area contributed by atoms with Crippen LogP contribution in [0.3, 0.4) is 0 Å². The monoisotopic (exact) mass is 410 g/mol. The topological polar surface area (TPSA) is 61.8 Å². The van der Waals surface area contributed by atoms with Gasteiger partial charge in [-0.25, -0.2) is 0 Å². The van der Waals surface area contributed by atoms with Crippen LogP contribution in [0.4, 0.5) is 0 Å². The summed E-state index contributed by atoms with van der Waals surface area (Å²) in [6, 6.07) is 16.2. The molecule has 30 heavy (non-hydrogen) atoms. The summed E-state index contributed by atoms with van der Waals surface area (Å²) >= 11 is 0. The number of carbonyl (C=O) groups is 1. The Balaban J connectivity index is 1.44. The predicted molar refractivity (Wildman–Crippen MR) is 119 cm³/mol. The predicted octanol–water partition coefficient (Wildman–Crippen LogP) is 3.64. The molecular formula is C25H34N2O3. The summed E-state index contributed by atoms with van der Waals surface area (Å²) in [5, 5.41) is 12.5. The van der Waals surface area contributed by atoms with Crippen molar-refractivity contribution in [2.75, 3.05) is 19.7 Å². The molecule has 0 aromatic heterocycles. The van der Waals surface area contributed by atoms with Crippen molar-refractivity contribution >= 4 is 5.91 Å². The molecule has 1 aliphatic heterocycles. The van der Waals surface area contributed by atoms with Crippen LogP contribution in [0.15, 0.2) is 48.5 Å². The second-order valence-corrected chi connectivity index (χ2v) is 9.14. The molecule has 5 heteroatoms. The van der Waals surface area contributed by atoms with Crippen LogP contribution in [-0.2, 0) is 23.3 Å². The third kappa shape index (κ3) is 6.57. The maximum absolute atomic E-state index is 12.2. The molecule has 0 atom stereocenters. The van der Waals surface area contributed by atoms with E-state index in [1.165, 1.54) is 5.56 Å². The quantitative estimate of drug-likeness (QED) is 0.732. The lowest BCUT2D eigenvalue weighted by atomic mass is 9.86. The Morgan fingerprint density at radius 3 is 2.37 bits per heavy atom. The van der Waals surface area contributed by atoms with E-state index in [1.54, 1.807) is 0 Å². The summed E-state index contributed by atoms with van der Waals surface area (Å²) in [7, 11) is 0. The minimum atomic E-state index is -0.141. The van der Waals surface area contributed by atoms with Gasteiger partial charge < -0.3 is 15.2 Å². The zero-order valence-corrected chi connectivity index (χ0v) is 18.4. The van der Waals surface area contributed by atoms with Gasteiger partial charge >= 0.3 is 0 Å². The van der Waals surface area contributed by atoms with Gasteiger partial charge in [0.15, 0.2) is 6.61 Å². The van der Waals surface area contributed by atoms with E-state index in [1.807, 2.05) is 24.3 Å². The third-order valence-corrected chi connectivity index (χ3v) is 5.53. The number of nitrogens with zero attached hydrogens (tertiary/aromatic N) is 1. The molecule has 0 bridgehead atoms. The van der Waals surface area contributed by atoms with Gasteiger partial charge in [0.05, 0.1) is 6.10 Å². The molecule has 5 nitrogen and oxygen atoms in total. The standard InChI is InChI=1S/C25H34N2O3/c1-25(2,3)22-6-4-5-7-23(22)30-18-24(29)26-16-19-8-10-20(11-9-19)17-27-14-12-21(28)13-15-27/h4-11,21,28H,12-18H2,1-3H3,(H,26,29). The van der Waals surface area contributed by atoms with Crippen LogP contribution in [0, 0.1) is 0 Å². The van der Waals surface area contributed by atoms with Gasteiger partial charge in [-0.05, 0) is 41.0 Å². The number of likely N-dealkylation sites (tertiary alicyclic amines) is 1. The molecule has 2 N–H and O–H groups in total. The normalized spacial score (nSPS) is 15.7. The molecule has 0 spiro atoms. The number of rotatable bonds is 7. The summed E-state index contributed by atoms with van der Waals surface area (Å²) in [5.74, 6) is 0.629. The first-order chi connectivity index (χ1) is 14.3. The van der Waals surface area contributed by atoms with Crippen LogP contribution in [-0.4, -0.2) is 41.7 Å². The van der Waals surface area contributed by atoms with Crippen LogP contribution in [0.2, 0.25) is 0 Å². The van der Waals surface area contributed by atoms with E-state index in [2.05, 4.69) is 55.3 Å². The van der Waals surface area contributed by atoms with E-state index in [9.17, 15) is 9.90 Å². The summed E-state index contributed by atoms with van der Waals surface area (Å²) in [4.78, 5) is 14.6. The molecule has 0 radical (unpaired) electrons. The van der Waals surface area contributed by atoms with Crippen LogP contribution in [0.1, 0.15) is 50.3 Å². The molecule has 1 saturated heterocycles.